The lowest BCUT2D eigenvalue weighted by atomic mass is 10.0. The Morgan fingerprint density at radius 1 is 0.812 bits per heavy atom. The van der Waals surface area contributed by atoms with Crippen LogP contribution in [-0.2, 0) is 0 Å². The summed E-state index contributed by atoms with van der Waals surface area (Å²) in [6.07, 6.45) is 0. The van der Waals surface area contributed by atoms with Crippen LogP contribution in [0.1, 0.15) is 5.56 Å². The predicted octanol–water partition coefficient (Wildman–Crippen LogP) is 2.78. The Bertz CT molecular complexity index is 518. The molecule has 0 unspecified atom stereocenters. The van der Waals surface area contributed by atoms with Crippen LogP contribution in [0.15, 0.2) is 36.4 Å². The average molecular weight is 216 g/mol. The Morgan fingerprint density at radius 3 is 2.06 bits per heavy atom. The van der Waals surface area contributed by atoms with Crippen LogP contribution < -0.4 is 0 Å². The molecule has 0 spiro atoms. The van der Waals surface area contributed by atoms with Crippen LogP contribution in [0, 0.1) is 6.92 Å². The van der Waals surface area contributed by atoms with E-state index in [1.165, 1.54) is 0 Å². The van der Waals surface area contributed by atoms with Gasteiger partial charge in [0.1, 0.15) is 0 Å². The standard InChI is InChI=1S/C13H12O3/c1-8-7-10(9-5-3-2-4-6-9)12(15)13(16)11(8)14/h2-7,14-16H,1H3. The van der Waals surface area contributed by atoms with Crippen LogP contribution >= 0.6 is 0 Å². The molecule has 3 nitrogen and oxygen atoms in total. The number of rotatable bonds is 1. The van der Waals surface area contributed by atoms with Gasteiger partial charge in [-0.2, -0.15) is 0 Å². The van der Waals surface area contributed by atoms with E-state index in [1.54, 1.807) is 13.0 Å². The molecule has 0 aliphatic heterocycles. The van der Waals surface area contributed by atoms with Crippen molar-refractivity contribution >= 4 is 0 Å². The number of hydrogen-bond acceptors (Lipinski definition) is 3. The largest absolute Gasteiger partial charge is 0.504 e. The Hall–Kier alpha value is -2.16. The van der Waals surface area contributed by atoms with Crippen molar-refractivity contribution < 1.29 is 15.3 Å². The smallest absolute Gasteiger partial charge is 0.201 e. The first-order valence-corrected chi connectivity index (χ1v) is 4.91. The first kappa shape index (κ1) is 10.4. The maximum atomic E-state index is 9.75. The van der Waals surface area contributed by atoms with E-state index in [-0.39, 0.29) is 11.5 Å². The van der Waals surface area contributed by atoms with E-state index in [0.29, 0.717) is 11.1 Å². The van der Waals surface area contributed by atoms with Crippen molar-refractivity contribution in [3.05, 3.63) is 42.0 Å². The molecule has 2 aromatic rings. The van der Waals surface area contributed by atoms with Crippen LogP contribution in [0.5, 0.6) is 17.2 Å². The fourth-order valence-electron chi connectivity index (χ4n) is 1.62. The van der Waals surface area contributed by atoms with Gasteiger partial charge in [0.25, 0.3) is 0 Å². The summed E-state index contributed by atoms with van der Waals surface area (Å²) in [7, 11) is 0. The van der Waals surface area contributed by atoms with Crippen molar-refractivity contribution in [3.8, 4) is 28.4 Å². The molecule has 82 valence electrons. The monoisotopic (exact) mass is 216 g/mol. The van der Waals surface area contributed by atoms with Crippen LogP contribution in [0.2, 0.25) is 0 Å². The van der Waals surface area contributed by atoms with Crippen LogP contribution in [0.4, 0.5) is 0 Å². The summed E-state index contributed by atoms with van der Waals surface area (Å²) in [6, 6.07) is 10.8. The molecule has 0 atom stereocenters. The molecule has 3 N–H and O–H groups in total. The van der Waals surface area contributed by atoms with Gasteiger partial charge in [-0.05, 0) is 24.1 Å². The number of aromatic hydroxyl groups is 3. The van der Waals surface area contributed by atoms with E-state index in [1.807, 2.05) is 30.3 Å². The zero-order valence-electron chi connectivity index (χ0n) is 8.81. The first-order valence-electron chi connectivity index (χ1n) is 4.91. The molecule has 2 aromatic carbocycles. The van der Waals surface area contributed by atoms with E-state index in [0.717, 1.165) is 5.56 Å². The molecule has 0 saturated heterocycles. The molecule has 0 bridgehead atoms. The summed E-state index contributed by atoms with van der Waals surface area (Å²) in [5, 5.41) is 28.7. The third-order valence-corrected chi connectivity index (χ3v) is 2.52. The van der Waals surface area contributed by atoms with Crippen molar-refractivity contribution in [1.82, 2.24) is 0 Å². The normalized spacial score (nSPS) is 10.3. The third kappa shape index (κ3) is 1.56. The van der Waals surface area contributed by atoms with Crippen molar-refractivity contribution in [1.29, 1.82) is 0 Å². The Balaban J connectivity index is 2.68. The average Bonchev–Trinajstić information content (AvgIpc) is 2.32. The zero-order valence-corrected chi connectivity index (χ0v) is 8.81. The van der Waals surface area contributed by atoms with Crippen LogP contribution in [-0.4, -0.2) is 15.3 Å². The Kier molecular flexibility index (Phi) is 2.44. The molecule has 16 heavy (non-hydrogen) atoms. The van der Waals surface area contributed by atoms with E-state index < -0.39 is 5.75 Å². The highest BCUT2D eigenvalue weighted by Crippen LogP contribution is 2.44. The lowest BCUT2D eigenvalue weighted by Crippen LogP contribution is -1.83. The fourth-order valence-corrected chi connectivity index (χ4v) is 1.62. The molecule has 0 fully saturated rings. The van der Waals surface area contributed by atoms with E-state index >= 15 is 0 Å². The quantitative estimate of drug-likeness (QED) is 0.642. The van der Waals surface area contributed by atoms with Crippen LogP contribution in [0.3, 0.4) is 0 Å². The van der Waals surface area contributed by atoms with Crippen molar-refractivity contribution in [2.75, 3.05) is 0 Å². The second-order valence-corrected chi connectivity index (χ2v) is 3.65. The molecule has 0 aliphatic rings. The van der Waals surface area contributed by atoms with Crippen molar-refractivity contribution in [2.45, 2.75) is 6.92 Å². The third-order valence-electron chi connectivity index (χ3n) is 2.52. The minimum atomic E-state index is -0.473. The number of phenols is 3. The summed E-state index contributed by atoms with van der Waals surface area (Å²) in [5.41, 5.74) is 1.82. The van der Waals surface area contributed by atoms with E-state index in [9.17, 15) is 15.3 Å². The van der Waals surface area contributed by atoms with Gasteiger partial charge in [0.05, 0.1) is 0 Å². The van der Waals surface area contributed by atoms with Gasteiger partial charge in [-0.25, -0.2) is 0 Å². The molecular formula is C13H12O3. The molecule has 2 rings (SSSR count). The molecule has 0 radical (unpaired) electrons. The van der Waals surface area contributed by atoms with Crippen LogP contribution in [0.25, 0.3) is 11.1 Å². The first-order chi connectivity index (χ1) is 7.61. The summed E-state index contributed by atoms with van der Waals surface area (Å²) in [5.74, 6) is -1.05. The Morgan fingerprint density at radius 2 is 1.44 bits per heavy atom. The molecule has 3 heteroatoms. The molecule has 0 saturated carbocycles. The summed E-state index contributed by atoms with van der Waals surface area (Å²) < 4.78 is 0. The predicted molar refractivity (Wildman–Crippen MR) is 61.6 cm³/mol. The zero-order chi connectivity index (χ0) is 11.7. The minimum Gasteiger partial charge on any atom is -0.504 e. The summed E-state index contributed by atoms with van der Waals surface area (Å²) >= 11 is 0. The number of aryl methyl sites for hydroxylation is 1. The summed E-state index contributed by atoms with van der Waals surface area (Å²) in [6.45, 7) is 1.67. The molecular weight excluding hydrogens is 204 g/mol. The maximum Gasteiger partial charge on any atom is 0.201 e. The topological polar surface area (TPSA) is 60.7 Å². The highest BCUT2D eigenvalue weighted by molar-refractivity contribution is 5.76. The van der Waals surface area contributed by atoms with Gasteiger partial charge in [0.15, 0.2) is 11.5 Å². The van der Waals surface area contributed by atoms with E-state index in [2.05, 4.69) is 0 Å². The molecule has 0 amide bonds. The maximum absolute atomic E-state index is 9.75. The lowest BCUT2D eigenvalue weighted by Gasteiger charge is -2.10. The van der Waals surface area contributed by atoms with Gasteiger partial charge in [0, 0.05) is 5.56 Å². The second-order valence-electron chi connectivity index (χ2n) is 3.65. The highest BCUT2D eigenvalue weighted by Gasteiger charge is 2.15. The minimum absolute atomic E-state index is 0.280. The number of benzene rings is 2. The molecule has 0 aromatic heterocycles. The van der Waals surface area contributed by atoms with Gasteiger partial charge >= 0.3 is 0 Å². The lowest BCUT2D eigenvalue weighted by molar-refractivity contribution is 0.367. The molecule has 0 heterocycles. The van der Waals surface area contributed by atoms with Gasteiger partial charge in [-0.15, -0.1) is 0 Å². The fraction of sp³-hybridized carbons (Fsp3) is 0.0769. The van der Waals surface area contributed by atoms with Gasteiger partial charge in [0.2, 0.25) is 5.75 Å². The molecule has 0 aliphatic carbocycles. The highest BCUT2D eigenvalue weighted by atomic mass is 16.3. The number of phenolic OH excluding ortho intramolecular Hbond substituents is 3. The van der Waals surface area contributed by atoms with E-state index in [4.69, 9.17) is 0 Å². The Labute approximate surface area is 93.2 Å². The summed E-state index contributed by atoms with van der Waals surface area (Å²) in [4.78, 5) is 0. The second kappa shape index (κ2) is 3.77. The van der Waals surface area contributed by atoms with Gasteiger partial charge < -0.3 is 15.3 Å². The van der Waals surface area contributed by atoms with Gasteiger partial charge in [-0.3, -0.25) is 0 Å². The van der Waals surface area contributed by atoms with Gasteiger partial charge in [-0.1, -0.05) is 30.3 Å². The number of hydrogen-bond donors (Lipinski definition) is 3. The SMILES string of the molecule is Cc1cc(-c2ccccc2)c(O)c(O)c1O. The van der Waals surface area contributed by atoms with Crippen molar-refractivity contribution in [2.24, 2.45) is 0 Å². The van der Waals surface area contributed by atoms with Crippen molar-refractivity contribution in [3.63, 3.8) is 0 Å².